The van der Waals surface area contributed by atoms with Crippen molar-refractivity contribution in [1.82, 2.24) is 0 Å². The van der Waals surface area contributed by atoms with Crippen molar-refractivity contribution in [3.63, 3.8) is 0 Å². The van der Waals surface area contributed by atoms with Crippen molar-refractivity contribution in [1.29, 1.82) is 0 Å². The number of hydrogen-bond acceptors (Lipinski definition) is 3. The highest BCUT2D eigenvalue weighted by Gasteiger charge is 2.16. The zero-order valence-corrected chi connectivity index (χ0v) is 10.4. The van der Waals surface area contributed by atoms with Gasteiger partial charge < -0.3 is 14.6 Å². The molecule has 0 radical (unpaired) electrons. The van der Waals surface area contributed by atoms with Crippen LogP contribution in [0.4, 0.5) is 0 Å². The minimum atomic E-state index is 0.101. The molecule has 0 bridgehead atoms. The lowest BCUT2D eigenvalue weighted by molar-refractivity contribution is 0.258. The number of aliphatic hydroxyl groups is 1. The van der Waals surface area contributed by atoms with Crippen LogP contribution in [0.3, 0.4) is 0 Å². The van der Waals surface area contributed by atoms with Crippen molar-refractivity contribution in [2.24, 2.45) is 0 Å². The lowest BCUT2D eigenvalue weighted by Gasteiger charge is -2.18. The van der Waals surface area contributed by atoms with Crippen LogP contribution in [-0.2, 0) is 0 Å². The zero-order valence-electron chi connectivity index (χ0n) is 10.4. The van der Waals surface area contributed by atoms with Crippen LogP contribution in [-0.4, -0.2) is 25.9 Å². The van der Waals surface area contributed by atoms with Crippen LogP contribution >= 0.6 is 0 Å². The Morgan fingerprint density at radius 1 is 1.19 bits per heavy atom. The molecule has 0 fully saturated rings. The molecule has 0 amide bonds. The third-order valence-corrected chi connectivity index (χ3v) is 2.90. The molecule has 3 heteroatoms. The molecular formula is C13H20O3. The average molecular weight is 224 g/mol. The SMILES string of the molecule is CCC(CO)c1cc(OC)c(C)cc1OC. The molecule has 0 aliphatic heterocycles. The van der Waals surface area contributed by atoms with Gasteiger partial charge in [0.2, 0.25) is 0 Å². The highest BCUT2D eigenvalue weighted by Crippen LogP contribution is 2.34. The molecule has 1 rings (SSSR count). The first-order valence-electron chi connectivity index (χ1n) is 5.51. The Labute approximate surface area is 97.0 Å². The molecule has 1 unspecified atom stereocenters. The van der Waals surface area contributed by atoms with E-state index in [1.807, 2.05) is 26.0 Å². The molecule has 1 atom stereocenters. The summed E-state index contributed by atoms with van der Waals surface area (Å²) in [5.41, 5.74) is 2.05. The Morgan fingerprint density at radius 2 is 1.81 bits per heavy atom. The average Bonchev–Trinajstić information content (AvgIpc) is 2.31. The number of rotatable bonds is 5. The first-order chi connectivity index (χ1) is 7.67. The van der Waals surface area contributed by atoms with Gasteiger partial charge in [0, 0.05) is 11.5 Å². The minimum absolute atomic E-state index is 0.101. The monoisotopic (exact) mass is 224 g/mol. The fourth-order valence-corrected chi connectivity index (χ4v) is 1.84. The van der Waals surface area contributed by atoms with Gasteiger partial charge >= 0.3 is 0 Å². The van der Waals surface area contributed by atoms with E-state index in [-0.39, 0.29) is 12.5 Å². The Kier molecular flexibility index (Phi) is 4.62. The molecule has 1 N–H and O–H groups in total. The third-order valence-electron chi connectivity index (χ3n) is 2.90. The van der Waals surface area contributed by atoms with Gasteiger partial charge in [0.1, 0.15) is 11.5 Å². The van der Waals surface area contributed by atoms with E-state index in [0.29, 0.717) is 0 Å². The van der Waals surface area contributed by atoms with Gasteiger partial charge in [-0.05, 0) is 31.0 Å². The van der Waals surface area contributed by atoms with E-state index in [1.165, 1.54) is 0 Å². The van der Waals surface area contributed by atoms with Crippen LogP contribution in [0.15, 0.2) is 12.1 Å². The van der Waals surface area contributed by atoms with Gasteiger partial charge in [-0.1, -0.05) is 6.92 Å². The largest absolute Gasteiger partial charge is 0.496 e. The normalized spacial score (nSPS) is 12.3. The van der Waals surface area contributed by atoms with Crippen molar-refractivity contribution in [2.75, 3.05) is 20.8 Å². The maximum Gasteiger partial charge on any atom is 0.122 e. The van der Waals surface area contributed by atoms with Gasteiger partial charge in [0.15, 0.2) is 0 Å². The molecule has 0 heterocycles. The highest BCUT2D eigenvalue weighted by atomic mass is 16.5. The van der Waals surface area contributed by atoms with Crippen LogP contribution in [0, 0.1) is 6.92 Å². The summed E-state index contributed by atoms with van der Waals surface area (Å²) in [6.45, 7) is 4.15. The molecule has 16 heavy (non-hydrogen) atoms. The topological polar surface area (TPSA) is 38.7 Å². The van der Waals surface area contributed by atoms with Gasteiger partial charge in [0.25, 0.3) is 0 Å². The summed E-state index contributed by atoms with van der Waals surface area (Å²) in [5, 5.41) is 9.34. The molecule has 1 aromatic carbocycles. The van der Waals surface area contributed by atoms with Gasteiger partial charge in [-0.25, -0.2) is 0 Å². The van der Waals surface area contributed by atoms with Gasteiger partial charge in [-0.3, -0.25) is 0 Å². The number of benzene rings is 1. The van der Waals surface area contributed by atoms with Gasteiger partial charge in [0.05, 0.1) is 20.8 Å². The van der Waals surface area contributed by atoms with E-state index in [0.717, 1.165) is 29.0 Å². The third kappa shape index (κ3) is 2.47. The summed E-state index contributed by atoms with van der Waals surface area (Å²) >= 11 is 0. The van der Waals surface area contributed by atoms with Crippen LogP contribution < -0.4 is 9.47 Å². The number of aryl methyl sites for hydroxylation is 1. The van der Waals surface area contributed by atoms with Gasteiger partial charge in [-0.2, -0.15) is 0 Å². The molecule has 1 aromatic rings. The van der Waals surface area contributed by atoms with Crippen LogP contribution in [0.5, 0.6) is 11.5 Å². The maximum absolute atomic E-state index is 9.34. The van der Waals surface area contributed by atoms with Crippen LogP contribution in [0.2, 0.25) is 0 Å². The zero-order chi connectivity index (χ0) is 12.1. The smallest absolute Gasteiger partial charge is 0.122 e. The summed E-state index contributed by atoms with van der Waals surface area (Å²) in [6, 6.07) is 3.91. The Bertz CT molecular complexity index is 343. The van der Waals surface area contributed by atoms with Crippen molar-refractivity contribution < 1.29 is 14.6 Å². The second kappa shape index (κ2) is 5.75. The standard InChI is InChI=1S/C13H20O3/c1-5-10(8-14)11-7-12(15-3)9(2)6-13(11)16-4/h6-7,10,14H,5,8H2,1-4H3. The quantitative estimate of drug-likeness (QED) is 0.835. The molecular weight excluding hydrogens is 204 g/mol. The van der Waals surface area contributed by atoms with E-state index in [9.17, 15) is 5.11 Å². The lowest BCUT2D eigenvalue weighted by atomic mass is 9.95. The number of methoxy groups -OCH3 is 2. The van der Waals surface area contributed by atoms with Crippen molar-refractivity contribution >= 4 is 0 Å². The number of aliphatic hydroxyl groups excluding tert-OH is 1. The summed E-state index contributed by atoms with van der Waals surface area (Å²) in [5.74, 6) is 1.76. The molecule has 0 saturated carbocycles. The first-order valence-corrected chi connectivity index (χ1v) is 5.51. The summed E-state index contributed by atoms with van der Waals surface area (Å²) in [6.07, 6.45) is 0.874. The minimum Gasteiger partial charge on any atom is -0.496 e. The number of ether oxygens (including phenoxy) is 2. The van der Waals surface area contributed by atoms with E-state index in [2.05, 4.69) is 0 Å². The van der Waals surface area contributed by atoms with Crippen LogP contribution in [0.1, 0.15) is 30.4 Å². The molecule has 0 aliphatic carbocycles. The Hall–Kier alpha value is -1.22. The first kappa shape index (κ1) is 12.8. The predicted octanol–water partition coefficient (Wildman–Crippen LogP) is 2.50. The molecule has 0 saturated heterocycles. The molecule has 0 spiro atoms. The Morgan fingerprint density at radius 3 is 2.25 bits per heavy atom. The fraction of sp³-hybridized carbons (Fsp3) is 0.538. The molecule has 0 aromatic heterocycles. The van der Waals surface area contributed by atoms with E-state index < -0.39 is 0 Å². The lowest BCUT2D eigenvalue weighted by Crippen LogP contribution is -2.06. The van der Waals surface area contributed by atoms with Crippen molar-refractivity contribution in [2.45, 2.75) is 26.2 Å². The van der Waals surface area contributed by atoms with Crippen molar-refractivity contribution in [3.05, 3.63) is 23.3 Å². The Balaban J connectivity index is 3.23. The highest BCUT2D eigenvalue weighted by molar-refractivity contribution is 5.47. The van der Waals surface area contributed by atoms with Crippen LogP contribution in [0.25, 0.3) is 0 Å². The summed E-state index contributed by atoms with van der Waals surface area (Å²) < 4.78 is 10.6. The predicted molar refractivity (Wildman–Crippen MR) is 64.4 cm³/mol. The summed E-state index contributed by atoms with van der Waals surface area (Å²) in [4.78, 5) is 0. The maximum atomic E-state index is 9.34. The van der Waals surface area contributed by atoms with Crippen molar-refractivity contribution in [3.8, 4) is 11.5 Å². The molecule has 3 nitrogen and oxygen atoms in total. The number of hydrogen-bond donors (Lipinski definition) is 1. The second-order valence-electron chi connectivity index (χ2n) is 3.85. The van der Waals surface area contributed by atoms with Gasteiger partial charge in [-0.15, -0.1) is 0 Å². The molecule has 90 valence electrons. The van der Waals surface area contributed by atoms with E-state index in [4.69, 9.17) is 9.47 Å². The van der Waals surface area contributed by atoms with E-state index >= 15 is 0 Å². The summed E-state index contributed by atoms with van der Waals surface area (Å²) in [7, 11) is 3.30. The van der Waals surface area contributed by atoms with E-state index in [1.54, 1.807) is 14.2 Å². The second-order valence-corrected chi connectivity index (χ2v) is 3.85. The fourth-order valence-electron chi connectivity index (χ4n) is 1.84. The molecule has 0 aliphatic rings.